The van der Waals surface area contributed by atoms with Crippen molar-refractivity contribution in [1.29, 1.82) is 0 Å². The van der Waals surface area contributed by atoms with Crippen molar-refractivity contribution in [2.45, 2.75) is 30.6 Å². The van der Waals surface area contributed by atoms with Crippen LogP contribution in [0.1, 0.15) is 30.4 Å². The highest BCUT2D eigenvalue weighted by Crippen LogP contribution is 2.39. The highest BCUT2D eigenvalue weighted by Gasteiger charge is 2.35. The quantitative estimate of drug-likeness (QED) is 0.848. The Balaban J connectivity index is 1.91. The lowest BCUT2D eigenvalue weighted by Crippen LogP contribution is -2.40. The van der Waals surface area contributed by atoms with E-state index in [4.69, 9.17) is 4.98 Å². The van der Waals surface area contributed by atoms with E-state index in [2.05, 4.69) is 24.1 Å². The fourth-order valence-electron chi connectivity index (χ4n) is 2.84. The lowest BCUT2D eigenvalue weighted by atomic mass is 9.79. The summed E-state index contributed by atoms with van der Waals surface area (Å²) in [5, 5.41) is 4.59. The molecule has 4 nitrogen and oxygen atoms in total. The second kappa shape index (κ2) is 6.38. The van der Waals surface area contributed by atoms with Crippen molar-refractivity contribution in [3.63, 3.8) is 0 Å². The Hall–Kier alpha value is -1.40. The molecule has 0 unspecified atom stereocenters. The van der Waals surface area contributed by atoms with Crippen LogP contribution in [-0.4, -0.2) is 46.1 Å². The average molecular weight is 320 g/mol. The van der Waals surface area contributed by atoms with E-state index >= 15 is 0 Å². The smallest absolute Gasteiger partial charge is 0.161 e. The summed E-state index contributed by atoms with van der Waals surface area (Å²) < 4.78 is 15.4. The maximum atomic E-state index is 13.5. The first-order chi connectivity index (χ1) is 10.6. The molecular formula is C16H21FN4S. The van der Waals surface area contributed by atoms with Gasteiger partial charge in [-0.15, -0.1) is 0 Å². The van der Waals surface area contributed by atoms with Gasteiger partial charge in [-0.05, 0) is 51.4 Å². The van der Waals surface area contributed by atoms with Gasteiger partial charge in [0.25, 0.3) is 0 Å². The van der Waals surface area contributed by atoms with Crippen molar-refractivity contribution in [1.82, 2.24) is 19.7 Å². The van der Waals surface area contributed by atoms with Crippen molar-refractivity contribution in [3.05, 3.63) is 41.7 Å². The topological polar surface area (TPSA) is 34.0 Å². The summed E-state index contributed by atoms with van der Waals surface area (Å²) in [7, 11) is 4.22. The van der Waals surface area contributed by atoms with E-state index in [1.165, 1.54) is 12.1 Å². The van der Waals surface area contributed by atoms with Crippen molar-refractivity contribution in [3.8, 4) is 5.69 Å². The van der Waals surface area contributed by atoms with E-state index < -0.39 is 0 Å². The van der Waals surface area contributed by atoms with Crippen LogP contribution in [0.15, 0.2) is 24.3 Å². The van der Waals surface area contributed by atoms with Crippen LogP contribution < -0.4 is 0 Å². The molecule has 0 amide bonds. The van der Waals surface area contributed by atoms with E-state index in [9.17, 15) is 4.39 Å². The molecule has 6 heteroatoms. The van der Waals surface area contributed by atoms with Gasteiger partial charge in [-0.1, -0.05) is 6.07 Å². The molecule has 0 radical (unpaired) electrons. The summed E-state index contributed by atoms with van der Waals surface area (Å²) in [6, 6.07) is 7.17. The molecule has 0 spiro atoms. The van der Waals surface area contributed by atoms with Gasteiger partial charge in [-0.3, -0.25) is 0 Å². The lowest BCUT2D eigenvalue weighted by Gasteiger charge is -2.39. The maximum absolute atomic E-state index is 13.5. The van der Waals surface area contributed by atoms with Crippen molar-refractivity contribution >= 4 is 11.8 Å². The summed E-state index contributed by atoms with van der Waals surface area (Å²) in [5.74, 6) is 2.72. The van der Waals surface area contributed by atoms with Crippen LogP contribution in [0.3, 0.4) is 0 Å². The number of aromatic nitrogens is 3. The summed E-state index contributed by atoms with van der Waals surface area (Å²) in [6.45, 7) is 0. The van der Waals surface area contributed by atoms with E-state index in [0.717, 1.165) is 35.9 Å². The summed E-state index contributed by atoms with van der Waals surface area (Å²) in [6.07, 6.45) is 4.20. The molecule has 1 heterocycles. The summed E-state index contributed by atoms with van der Waals surface area (Å²) in [4.78, 5) is 6.96. The number of hydrogen-bond donors (Lipinski definition) is 0. The second-order valence-corrected chi connectivity index (χ2v) is 6.86. The number of halogens is 1. The Bertz CT molecular complexity index is 649. The van der Waals surface area contributed by atoms with E-state index in [0.29, 0.717) is 12.0 Å². The second-order valence-electron chi connectivity index (χ2n) is 6.00. The van der Waals surface area contributed by atoms with Crippen molar-refractivity contribution < 1.29 is 4.39 Å². The van der Waals surface area contributed by atoms with Gasteiger partial charge < -0.3 is 4.90 Å². The first-order valence-electron chi connectivity index (χ1n) is 7.45. The number of benzene rings is 1. The van der Waals surface area contributed by atoms with Crippen molar-refractivity contribution in [2.24, 2.45) is 0 Å². The molecular weight excluding hydrogens is 299 g/mol. The molecule has 0 saturated heterocycles. The fraction of sp³-hybridized carbons (Fsp3) is 0.500. The number of thioether (sulfide) groups is 1. The van der Waals surface area contributed by atoms with Gasteiger partial charge in [0.15, 0.2) is 5.82 Å². The van der Waals surface area contributed by atoms with Crippen LogP contribution in [0.25, 0.3) is 5.69 Å². The number of nitrogens with zero attached hydrogens (tertiary/aromatic N) is 4. The molecule has 0 aliphatic heterocycles. The third-order valence-corrected chi connectivity index (χ3v) is 4.76. The molecule has 1 aliphatic rings. The third kappa shape index (κ3) is 3.03. The zero-order chi connectivity index (χ0) is 15.7. The molecule has 1 fully saturated rings. The molecule has 22 heavy (non-hydrogen) atoms. The average Bonchev–Trinajstić information content (AvgIpc) is 2.81. The Labute approximate surface area is 134 Å². The predicted octanol–water partition coefficient (Wildman–Crippen LogP) is 3.08. The molecule has 118 valence electrons. The standard InChI is InChI=1S/C16H21FN4S/c1-20(2)14-7-11(8-14)16-18-15(10-22-3)19-21(16)13-6-4-5-12(17)9-13/h4-6,9,11,14H,7-8,10H2,1-3H3. The monoisotopic (exact) mass is 320 g/mol. The third-order valence-electron chi connectivity index (χ3n) is 4.21. The number of hydrogen-bond acceptors (Lipinski definition) is 4. The van der Waals surface area contributed by atoms with Crippen LogP contribution in [0.5, 0.6) is 0 Å². The van der Waals surface area contributed by atoms with Gasteiger partial charge in [-0.25, -0.2) is 14.1 Å². The van der Waals surface area contributed by atoms with Crippen LogP contribution in [0.2, 0.25) is 0 Å². The highest BCUT2D eigenvalue weighted by molar-refractivity contribution is 7.97. The molecule has 0 N–H and O–H groups in total. The summed E-state index contributed by atoms with van der Waals surface area (Å²) >= 11 is 1.70. The van der Waals surface area contributed by atoms with E-state index in [1.54, 1.807) is 17.8 Å². The van der Waals surface area contributed by atoms with Gasteiger partial charge in [0.05, 0.1) is 11.4 Å². The number of rotatable bonds is 5. The lowest BCUT2D eigenvalue weighted by molar-refractivity contribution is 0.160. The SMILES string of the molecule is CSCc1nc(C2CC(N(C)C)C2)n(-c2cccc(F)c2)n1. The van der Waals surface area contributed by atoms with Gasteiger partial charge in [0.2, 0.25) is 0 Å². The van der Waals surface area contributed by atoms with E-state index in [1.807, 2.05) is 17.0 Å². The van der Waals surface area contributed by atoms with Crippen molar-refractivity contribution in [2.75, 3.05) is 20.4 Å². The summed E-state index contributed by atoms with van der Waals surface area (Å²) in [5.41, 5.74) is 0.753. The molecule has 0 atom stereocenters. The molecule has 0 bridgehead atoms. The molecule has 1 saturated carbocycles. The maximum Gasteiger partial charge on any atom is 0.161 e. The molecule has 1 aliphatic carbocycles. The van der Waals surface area contributed by atoms with E-state index in [-0.39, 0.29) is 5.82 Å². The molecule has 3 rings (SSSR count). The highest BCUT2D eigenvalue weighted by atomic mass is 32.2. The molecule has 1 aromatic heterocycles. The van der Waals surface area contributed by atoms with Crippen LogP contribution >= 0.6 is 11.8 Å². The Morgan fingerprint density at radius 2 is 2.14 bits per heavy atom. The van der Waals surface area contributed by atoms with Crippen LogP contribution in [-0.2, 0) is 5.75 Å². The normalized spacial score (nSPS) is 21.1. The fourth-order valence-corrected chi connectivity index (χ4v) is 3.22. The first kappa shape index (κ1) is 15.5. The Kier molecular flexibility index (Phi) is 4.49. The van der Waals surface area contributed by atoms with Gasteiger partial charge in [0, 0.05) is 12.0 Å². The van der Waals surface area contributed by atoms with Crippen LogP contribution in [0.4, 0.5) is 4.39 Å². The van der Waals surface area contributed by atoms with Crippen LogP contribution in [0, 0.1) is 5.82 Å². The minimum absolute atomic E-state index is 0.245. The van der Waals surface area contributed by atoms with Gasteiger partial charge >= 0.3 is 0 Å². The minimum atomic E-state index is -0.245. The first-order valence-corrected chi connectivity index (χ1v) is 8.85. The Morgan fingerprint density at radius 3 is 2.77 bits per heavy atom. The molecule has 1 aromatic carbocycles. The predicted molar refractivity (Wildman–Crippen MR) is 88.0 cm³/mol. The minimum Gasteiger partial charge on any atom is -0.306 e. The van der Waals surface area contributed by atoms with Gasteiger partial charge in [0.1, 0.15) is 11.6 Å². The zero-order valence-corrected chi connectivity index (χ0v) is 14.0. The molecule has 2 aromatic rings. The zero-order valence-electron chi connectivity index (χ0n) is 13.2. The van der Waals surface area contributed by atoms with Gasteiger partial charge in [-0.2, -0.15) is 16.9 Å². The Morgan fingerprint density at radius 1 is 1.36 bits per heavy atom. The largest absolute Gasteiger partial charge is 0.306 e.